The lowest BCUT2D eigenvalue weighted by Crippen LogP contribution is -2.05. The van der Waals surface area contributed by atoms with Crippen LogP contribution in [0.4, 0.5) is 13.2 Å². The first kappa shape index (κ1) is 23.1. The standard InChI is InChI=1S/C24H17F3NO3S2/c1-16-7-5-6-10-20(16)22-28-23(33(29,30)19-8-3-2-4-9-19)21(31-22)15-17-11-13-18(14-12-17)32-24(25,26)27/h2-15H,1H3. The van der Waals surface area contributed by atoms with Crippen LogP contribution in [-0.4, -0.2) is 18.9 Å². The fraction of sp³-hybridized carbons (Fsp3) is 0.0833. The van der Waals surface area contributed by atoms with E-state index in [2.05, 4.69) is 4.98 Å². The highest BCUT2D eigenvalue weighted by Crippen LogP contribution is 2.37. The van der Waals surface area contributed by atoms with Crippen molar-refractivity contribution in [3.8, 4) is 11.5 Å². The van der Waals surface area contributed by atoms with E-state index in [0.717, 1.165) is 5.56 Å². The second-order valence-electron chi connectivity index (χ2n) is 7.08. The van der Waals surface area contributed by atoms with Gasteiger partial charge in [-0.3, -0.25) is 0 Å². The highest BCUT2D eigenvalue weighted by Gasteiger charge is 2.30. The van der Waals surface area contributed by atoms with E-state index in [1.807, 2.05) is 19.1 Å². The van der Waals surface area contributed by atoms with Crippen molar-refractivity contribution in [2.75, 3.05) is 0 Å². The van der Waals surface area contributed by atoms with E-state index in [1.54, 1.807) is 30.3 Å². The lowest BCUT2D eigenvalue weighted by Gasteiger charge is -2.06. The summed E-state index contributed by atoms with van der Waals surface area (Å²) in [5, 5.41) is -0.263. The van der Waals surface area contributed by atoms with Gasteiger partial charge in [-0.1, -0.05) is 48.5 Å². The molecule has 0 unspecified atom stereocenters. The molecule has 4 rings (SSSR count). The predicted octanol–water partition coefficient (Wildman–Crippen LogP) is 6.70. The summed E-state index contributed by atoms with van der Waals surface area (Å²) in [4.78, 5) is 4.39. The maximum atomic E-state index is 13.3. The van der Waals surface area contributed by atoms with Crippen molar-refractivity contribution < 1.29 is 26.0 Å². The molecule has 0 N–H and O–H groups in total. The molecule has 0 atom stereocenters. The van der Waals surface area contributed by atoms with Crippen molar-refractivity contribution >= 4 is 21.6 Å². The Hall–Kier alpha value is -3.04. The predicted molar refractivity (Wildman–Crippen MR) is 119 cm³/mol. The van der Waals surface area contributed by atoms with Gasteiger partial charge < -0.3 is 4.42 Å². The number of aromatic nitrogens is 1. The lowest BCUT2D eigenvalue weighted by atomic mass is 10.1. The first-order valence-electron chi connectivity index (χ1n) is 9.71. The average molecular weight is 489 g/mol. The number of halogens is 3. The summed E-state index contributed by atoms with van der Waals surface area (Å²) in [6.07, 6.45) is 1.45. The van der Waals surface area contributed by atoms with Crippen LogP contribution in [-0.2, 0) is 9.84 Å². The molecule has 4 aromatic rings. The third-order valence-corrected chi connectivity index (χ3v) is 7.15. The van der Waals surface area contributed by atoms with Crippen LogP contribution < -0.4 is 0 Å². The number of rotatable bonds is 6. The minimum atomic E-state index is -4.39. The van der Waals surface area contributed by atoms with E-state index in [1.165, 1.54) is 42.8 Å². The molecule has 0 amide bonds. The molecule has 1 radical (unpaired) electrons. The first-order valence-corrected chi connectivity index (χ1v) is 12.0. The Kier molecular flexibility index (Phi) is 6.36. The van der Waals surface area contributed by atoms with E-state index in [0.29, 0.717) is 11.1 Å². The molecule has 9 heteroatoms. The van der Waals surface area contributed by atoms with Gasteiger partial charge in [0.1, 0.15) is 0 Å². The Balaban J connectivity index is 1.76. The molecule has 0 saturated heterocycles. The smallest absolute Gasteiger partial charge is 0.439 e. The Morgan fingerprint density at radius 2 is 1.55 bits per heavy atom. The number of sulfone groups is 1. The molecule has 169 valence electrons. The van der Waals surface area contributed by atoms with Crippen molar-refractivity contribution in [2.24, 2.45) is 0 Å². The van der Waals surface area contributed by atoms with Crippen molar-refractivity contribution in [1.29, 1.82) is 0 Å². The molecule has 1 heterocycles. The Labute approximate surface area is 193 Å². The minimum absolute atomic E-state index is 0.00618. The largest absolute Gasteiger partial charge is 0.446 e. The van der Waals surface area contributed by atoms with Crippen LogP contribution >= 0.6 is 11.8 Å². The molecule has 0 fully saturated rings. The van der Waals surface area contributed by atoms with Gasteiger partial charge in [-0.15, -0.1) is 0 Å². The minimum Gasteiger partial charge on any atom is -0.439 e. The summed E-state index contributed by atoms with van der Waals surface area (Å²) in [5.41, 5.74) is -2.44. The van der Waals surface area contributed by atoms with Crippen molar-refractivity contribution in [1.82, 2.24) is 4.98 Å². The van der Waals surface area contributed by atoms with Gasteiger partial charge in [0.15, 0.2) is 5.76 Å². The van der Waals surface area contributed by atoms with Crippen LogP contribution in [0.5, 0.6) is 0 Å². The van der Waals surface area contributed by atoms with E-state index in [9.17, 15) is 21.6 Å². The summed E-state index contributed by atoms with van der Waals surface area (Å²) in [6, 6.07) is 20.6. The number of nitrogens with zero attached hydrogens (tertiary/aromatic N) is 1. The topological polar surface area (TPSA) is 60.2 Å². The second kappa shape index (κ2) is 9.07. The zero-order valence-corrected chi connectivity index (χ0v) is 18.8. The Morgan fingerprint density at radius 1 is 0.909 bits per heavy atom. The fourth-order valence-corrected chi connectivity index (χ4v) is 5.00. The molecule has 0 saturated carbocycles. The number of oxazole rings is 1. The number of benzene rings is 3. The van der Waals surface area contributed by atoms with Crippen molar-refractivity contribution in [3.05, 3.63) is 102 Å². The monoisotopic (exact) mass is 488 g/mol. The molecule has 0 aliphatic carbocycles. The SMILES string of the molecule is Cc1ccccc1-c1nc(S(=O)(=O)c2ccccc2)c([CH]c2ccc(SC(F)(F)F)cc2)o1. The normalized spacial score (nSPS) is 12.1. The highest BCUT2D eigenvalue weighted by atomic mass is 32.2. The van der Waals surface area contributed by atoms with Crippen LogP contribution in [0.2, 0.25) is 0 Å². The van der Waals surface area contributed by atoms with Gasteiger partial charge in [0, 0.05) is 10.5 Å². The zero-order valence-electron chi connectivity index (χ0n) is 17.2. The lowest BCUT2D eigenvalue weighted by molar-refractivity contribution is -0.0328. The fourth-order valence-electron chi connectivity index (χ4n) is 3.16. The van der Waals surface area contributed by atoms with E-state index in [4.69, 9.17) is 4.42 Å². The average Bonchev–Trinajstić information content (AvgIpc) is 3.19. The Morgan fingerprint density at radius 3 is 2.18 bits per heavy atom. The molecule has 4 nitrogen and oxygen atoms in total. The van der Waals surface area contributed by atoms with Gasteiger partial charge in [-0.2, -0.15) is 18.2 Å². The molecule has 0 aliphatic rings. The van der Waals surface area contributed by atoms with Gasteiger partial charge >= 0.3 is 5.51 Å². The number of hydrogen-bond acceptors (Lipinski definition) is 5. The van der Waals surface area contributed by atoms with Gasteiger partial charge in [-0.05, 0) is 60.1 Å². The summed E-state index contributed by atoms with van der Waals surface area (Å²) >= 11 is -0.222. The van der Waals surface area contributed by atoms with Crippen molar-refractivity contribution in [2.45, 2.75) is 27.2 Å². The molecule has 33 heavy (non-hydrogen) atoms. The quantitative estimate of drug-likeness (QED) is 0.283. The first-order chi connectivity index (χ1) is 15.6. The van der Waals surface area contributed by atoms with E-state index >= 15 is 0 Å². The van der Waals surface area contributed by atoms with Gasteiger partial charge in [0.25, 0.3) is 0 Å². The van der Waals surface area contributed by atoms with Crippen molar-refractivity contribution in [3.63, 3.8) is 0 Å². The zero-order chi connectivity index (χ0) is 23.6. The van der Waals surface area contributed by atoms with Crippen LogP contribution in [0.1, 0.15) is 16.9 Å². The molecule has 0 aliphatic heterocycles. The molecular formula is C24H17F3NO3S2. The van der Waals surface area contributed by atoms with E-state index < -0.39 is 15.3 Å². The van der Waals surface area contributed by atoms with Crippen LogP contribution in [0, 0.1) is 13.3 Å². The Bertz CT molecular complexity index is 1360. The summed E-state index contributed by atoms with van der Waals surface area (Å²) in [5.74, 6) is 0.131. The molecule has 1 aromatic heterocycles. The van der Waals surface area contributed by atoms with Crippen LogP contribution in [0.25, 0.3) is 11.5 Å². The van der Waals surface area contributed by atoms with Crippen LogP contribution in [0.3, 0.4) is 0 Å². The maximum Gasteiger partial charge on any atom is 0.446 e. The molecular weight excluding hydrogens is 471 g/mol. The third-order valence-electron chi connectivity index (χ3n) is 4.72. The molecule has 3 aromatic carbocycles. The summed E-state index contributed by atoms with van der Waals surface area (Å²) in [6.45, 7) is 1.85. The third kappa shape index (κ3) is 5.31. The summed E-state index contributed by atoms with van der Waals surface area (Å²) < 4.78 is 70.3. The van der Waals surface area contributed by atoms with Gasteiger partial charge in [0.2, 0.25) is 20.8 Å². The maximum absolute atomic E-state index is 13.3. The second-order valence-corrected chi connectivity index (χ2v) is 10.1. The van der Waals surface area contributed by atoms with E-state index in [-0.39, 0.29) is 38.2 Å². The highest BCUT2D eigenvalue weighted by molar-refractivity contribution is 8.00. The van der Waals surface area contributed by atoms with Gasteiger partial charge in [-0.25, -0.2) is 8.42 Å². The molecule has 0 spiro atoms. The number of thioether (sulfide) groups is 1. The van der Waals surface area contributed by atoms with Gasteiger partial charge in [0.05, 0.1) is 11.3 Å². The number of hydrogen-bond donors (Lipinski definition) is 0. The number of alkyl halides is 3. The molecule has 0 bridgehead atoms. The summed E-state index contributed by atoms with van der Waals surface area (Å²) in [7, 11) is -4.01. The number of aryl methyl sites for hydroxylation is 1. The van der Waals surface area contributed by atoms with Crippen LogP contribution in [0.15, 0.2) is 98.1 Å².